The van der Waals surface area contributed by atoms with Crippen molar-refractivity contribution in [3.8, 4) is 17.1 Å². The number of sulfone groups is 3. The number of nitrogens with zero attached hydrogens (tertiary/aromatic N) is 15. The van der Waals surface area contributed by atoms with Crippen LogP contribution in [-0.4, -0.2) is 232 Å². The molecule has 3 aromatic heterocycles. The molecule has 0 N–H and O–H groups in total. The minimum Gasteiger partial charge on any atom is -0.349 e. The quantitative estimate of drug-likeness (QED) is 0.0952. The summed E-state index contributed by atoms with van der Waals surface area (Å²) in [6.45, 7) is 7.48. The van der Waals surface area contributed by atoms with Crippen molar-refractivity contribution in [3.05, 3.63) is 91.0 Å². The van der Waals surface area contributed by atoms with Gasteiger partial charge in [0.25, 0.3) is 15.5 Å². The normalized spacial score (nSPS) is 22.9. The molecule has 3 saturated heterocycles. The fourth-order valence-electron chi connectivity index (χ4n) is 11.3. The lowest BCUT2D eigenvalue weighted by Gasteiger charge is -2.46. The molecule has 0 radical (unpaired) electrons. The van der Waals surface area contributed by atoms with Crippen molar-refractivity contribution in [2.75, 3.05) is 59.5 Å². The number of hydrogen-bond donors (Lipinski definition) is 0. The molecule has 1 unspecified atom stereocenters. The summed E-state index contributed by atoms with van der Waals surface area (Å²) in [7, 11) is -1.52. The number of hydrogen-bond acceptors (Lipinski definition) is 24. The second kappa shape index (κ2) is 31.0. The van der Waals surface area contributed by atoms with Gasteiger partial charge in [-0.1, -0.05) is 97.1 Å². The van der Waals surface area contributed by atoms with Gasteiger partial charge in [0.15, 0.2) is 17.4 Å². The van der Waals surface area contributed by atoms with Crippen LogP contribution in [0.15, 0.2) is 106 Å². The number of benzene rings is 3. The average molecular weight is 1350 g/mol. The molecule has 10 rings (SSSR count). The summed E-state index contributed by atoms with van der Waals surface area (Å²) in [5.74, 6) is -3.86. The average Bonchev–Trinajstić information content (AvgIpc) is 1.79. The molecule has 1 saturated carbocycles. The highest BCUT2D eigenvalue weighted by Crippen LogP contribution is 2.41. The first kappa shape index (κ1) is 71.7. The summed E-state index contributed by atoms with van der Waals surface area (Å²) in [6, 6.07) is 26.5. The maximum absolute atomic E-state index is 13.3. The van der Waals surface area contributed by atoms with Crippen molar-refractivity contribution < 1.29 is 68.1 Å². The lowest BCUT2D eigenvalue weighted by Crippen LogP contribution is -2.52. The SMILES string of the molecule is CCC1(C)O[C@@H](CC(=O)N(C)C)C[C@@H](CS(=O)(=O)c2nnnn2-c2ccccc2)O1.CCC1(CC)O[C@@H](CC(=O)N(C)C)C[C@@H](CS(=O)(=O)c2nnnn2-c2ccccc2)O1.CN(C)C(=O)C[C@H]1C[C@@H](CS(=O)(=O)c2nnnn2-c2ccccc2)OC2(CCCCC2)O1. The molecule has 30 nitrogen and oxygen atoms in total. The van der Waals surface area contributed by atoms with Crippen LogP contribution in [0.3, 0.4) is 0 Å². The Kier molecular flexibility index (Phi) is 23.9. The molecule has 3 aliphatic heterocycles. The maximum atomic E-state index is 13.3. The Morgan fingerprint density at radius 3 is 1.09 bits per heavy atom. The van der Waals surface area contributed by atoms with Crippen LogP contribution in [0, 0.1) is 0 Å². The van der Waals surface area contributed by atoms with Crippen LogP contribution >= 0.6 is 0 Å². The van der Waals surface area contributed by atoms with Crippen LogP contribution in [0.1, 0.15) is 118 Å². The van der Waals surface area contributed by atoms with Gasteiger partial charge >= 0.3 is 0 Å². The largest absolute Gasteiger partial charge is 0.349 e. The van der Waals surface area contributed by atoms with Gasteiger partial charge in [0.1, 0.15) is 0 Å². The Bertz CT molecular complexity index is 3780. The number of carbonyl (C=O) groups is 3. The van der Waals surface area contributed by atoms with Crippen molar-refractivity contribution in [1.82, 2.24) is 75.3 Å². The van der Waals surface area contributed by atoms with E-state index in [9.17, 15) is 39.6 Å². The van der Waals surface area contributed by atoms with Crippen LogP contribution in [0.25, 0.3) is 17.1 Å². The molecule has 1 spiro atoms. The molecule has 1 aliphatic carbocycles. The Morgan fingerprint density at radius 2 is 0.742 bits per heavy atom. The lowest BCUT2D eigenvalue weighted by atomic mass is 9.91. The Hall–Kier alpha value is -7.11. The molecular formula is C60H85N15O15S3. The summed E-state index contributed by atoms with van der Waals surface area (Å²) in [4.78, 5) is 41.2. The molecule has 3 aromatic carbocycles. The van der Waals surface area contributed by atoms with Crippen LogP contribution < -0.4 is 0 Å². The third-order valence-corrected chi connectivity index (χ3v) is 21.2. The van der Waals surface area contributed by atoms with E-state index in [1.54, 1.807) is 122 Å². The van der Waals surface area contributed by atoms with E-state index < -0.39 is 83.5 Å². The van der Waals surface area contributed by atoms with Crippen molar-refractivity contribution in [2.45, 2.75) is 187 Å². The molecule has 508 valence electrons. The maximum Gasteiger partial charge on any atom is 0.272 e. The summed E-state index contributed by atoms with van der Waals surface area (Å²) < 4.78 is 120. The molecule has 7 atom stereocenters. The molecule has 4 aliphatic rings. The fraction of sp³-hybridized carbons (Fsp3) is 0.600. The van der Waals surface area contributed by atoms with Gasteiger partial charge < -0.3 is 43.1 Å². The first-order chi connectivity index (χ1) is 44.1. The van der Waals surface area contributed by atoms with Gasteiger partial charge in [-0.05, 0) is 107 Å². The number of amides is 3. The Balaban J connectivity index is 0.000000179. The molecule has 6 heterocycles. The molecule has 4 fully saturated rings. The van der Waals surface area contributed by atoms with Crippen LogP contribution in [0.5, 0.6) is 0 Å². The van der Waals surface area contributed by atoms with Gasteiger partial charge in [0, 0.05) is 74.4 Å². The lowest BCUT2D eigenvalue weighted by molar-refractivity contribution is -0.324. The van der Waals surface area contributed by atoms with Crippen molar-refractivity contribution in [1.29, 1.82) is 0 Å². The van der Waals surface area contributed by atoms with Gasteiger partial charge in [-0.2, -0.15) is 14.0 Å². The zero-order valence-electron chi connectivity index (χ0n) is 54.2. The number of aromatic nitrogens is 12. The topological polar surface area (TPSA) is 350 Å². The van der Waals surface area contributed by atoms with Gasteiger partial charge in [0.05, 0.1) is 90.2 Å². The molecule has 3 amide bonds. The first-order valence-corrected chi connectivity index (χ1v) is 35.9. The molecule has 0 bridgehead atoms. The highest BCUT2D eigenvalue weighted by Gasteiger charge is 2.47. The van der Waals surface area contributed by atoms with Crippen LogP contribution in [0.4, 0.5) is 0 Å². The van der Waals surface area contributed by atoms with Gasteiger partial charge in [0.2, 0.25) is 47.2 Å². The first-order valence-electron chi connectivity index (χ1n) is 31.0. The summed E-state index contributed by atoms with van der Waals surface area (Å²) in [6.07, 6.45) is 4.13. The van der Waals surface area contributed by atoms with Crippen molar-refractivity contribution in [2.24, 2.45) is 0 Å². The molecule has 93 heavy (non-hydrogen) atoms. The highest BCUT2D eigenvalue weighted by molar-refractivity contribution is 7.91. The second-order valence-corrected chi connectivity index (χ2v) is 30.0. The predicted octanol–water partition coefficient (Wildman–Crippen LogP) is 4.57. The van der Waals surface area contributed by atoms with Gasteiger partial charge in [-0.25, -0.2) is 25.3 Å². The van der Waals surface area contributed by atoms with E-state index in [1.807, 2.05) is 39.0 Å². The number of carbonyl (C=O) groups excluding carboxylic acids is 3. The predicted molar refractivity (Wildman–Crippen MR) is 334 cm³/mol. The summed E-state index contributed by atoms with van der Waals surface area (Å²) in [5.41, 5.74) is 1.65. The Labute approximate surface area is 542 Å². The van der Waals surface area contributed by atoms with Gasteiger partial charge in [-0.15, -0.1) is 0 Å². The van der Waals surface area contributed by atoms with Crippen LogP contribution in [0.2, 0.25) is 0 Å². The highest BCUT2D eigenvalue weighted by atomic mass is 32.2. The number of tetrazole rings is 3. The van der Waals surface area contributed by atoms with E-state index in [1.165, 1.54) is 28.7 Å². The van der Waals surface area contributed by atoms with Crippen molar-refractivity contribution in [3.63, 3.8) is 0 Å². The molecule has 33 heteroatoms. The van der Waals surface area contributed by atoms with E-state index in [4.69, 9.17) is 28.4 Å². The minimum atomic E-state index is -3.88. The molecular weight excluding hydrogens is 1270 g/mol. The van der Waals surface area contributed by atoms with E-state index in [0.717, 1.165) is 19.3 Å². The third-order valence-electron chi connectivity index (χ3n) is 16.3. The number of ether oxygens (including phenoxy) is 6. The fourth-order valence-corrected chi connectivity index (χ4v) is 15.6. The van der Waals surface area contributed by atoms with Crippen LogP contribution in [-0.2, 0) is 72.3 Å². The summed E-state index contributed by atoms with van der Waals surface area (Å²) >= 11 is 0. The standard InChI is InChI=1S/C21H29N5O5S.C20H29N5O5S.C19H27N5O5S/c1-25(2)19(27)14-17-13-18(31-21(30-17)11-7-4-8-12-21)15-32(28,29)20-22-23-24-26(20)16-9-5-3-6-10-16;1-5-20(6-2)29-16(13-18(26)24(3)4)12-17(30-20)14-31(27,28)19-21-22-23-25(19)15-10-8-7-9-11-15;1-5-19(2)28-15(12-17(25)23(3)4)11-16(29-19)13-30(26,27)18-20-21-22-24(18)14-9-7-6-8-10-14/h3,5-6,9-10,17-18H,4,7-8,11-15H2,1-2H3;7-11,16-17H,5-6,12-14H2,1-4H3;6-10,15-16H,5,11-13H2,1-4H3/t17-,18+;16-,17+;15-,16+,19?/m111/s1. The van der Waals surface area contributed by atoms with E-state index in [0.29, 0.717) is 55.6 Å². The monoisotopic (exact) mass is 1350 g/mol. The number of rotatable bonds is 21. The van der Waals surface area contributed by atoms with E-state index in [2.05, 4.69) is 46.6 Å². The third kappa shape index (κ3) is 18.6. The Morgan fingerprint density at radius 1 is 0.441 bits per heavy atom. The van der Waals surface area contributed by atoms with Gasteiger partial charge in [-0.3, -0.25) is 14.4 Å². The van der Waals surface area contributed by atoms with E-state index >= 15 is 0 Å². The zero-order chi connectivity index (χ0) is 67.4. The summed E-state index contributed by atoms with van der Waals surface area (Å²) in [5, 5.41) is 32.8. The van der Waals surface area contributed by atoms with E-state index in [-0.39, 0.29) is 82.6 Å². The second-order valence-electron chi connectivity index (χ2n) is 24.2. The van der Waals surface area contributed by atoms with Crippen molar-refractivity contribution >= 4 is 47.2 Å². The number of para-hydroxylation sites is 3. The molecule has 6 aromatic rings. The zero-order valence-corrected chi connectivity index (χ0v) is 56.7. The minimum absolute atomic E-state index is 0.0579. The smallest absolute Gasteiger partial charge is 0.272 e.